The molecule has 2 rings (SSSR count). The molecule has 1 aromatic rings. The van der Waals surface area contributed by atoms with Gasteiger partial charge in [-0.3, -0.25) is 4.79 Å². The number of nitrogens with one attached hydrogen (secondary N) is 2. The summed E-state index contributed by atoms with van der Waals surface area (Å²) in [6, 6.07) is 6.75. The highest BCUT2D eigenvalue weighted by molar-refractivity contribution is 14.0. The maximum absolute atomic E-state index is 13.6. The van der Waals surface area contributed by atoms with Gasteiger partial charge in [0, 0.05) is 26.2 Å². The number of benzene rings is 1. The van der Waals surface area contributed by atoms with Crippen LogP contribution in [0, 0.1) is 5.82 Å². The number of likely N-dealkylation sites (tertiary alicyclic amines) is 1. The summed E-state index contributed by atoms with van der Waals surface area (Å²) in [5.41, 5.74) is 0.670. The minimum Gasteiger partial charge on any atom is -0.357 e. The van der Waals surface area contributed by atoms with E-state index in [0.717, 1.165) is 25.9 Å². The van der Waals surface area contributed by atoms with Crippen molar-refractivity contribution in [2.75, 3.05) is 32.7 Å². The Balaban J connectivity index is 0.00000288. The van der Waals surface area contributed by atoms with Crippen LogP contribution in [-0.2, 0) is 11.2 Å². The third-order valence-electron chi connectivity index (χ3n) is 3.82. The Bertz CT molecular complexity index is 547. The van der Waals surface area contributed by atoms with Crippen molar-refractivity contribution in [3.8, 4) is 0 Å². The van der Waals surface area contributed by atoms with Crippen LogP contribution in [0.15, 0.2) is 29.3 Å². The Morgan fingerprint density at radius 2 is 1.96 bits per heavy atom. The first-order valence-electron chi connectivity index (χ1n) is 8.24. The lowest BCUT2D eigenvalue weighted by atomic mass is 10.1. The molecule has 0 saturated carbocycles. The van der Waals surface area contributed by atoms with Gasteiger partial charge in [0.2, 0.25) is 5.91 Å². The van der Waals surface area contributed by atoms with Crippen LogP contribution in [0.3, 0.4) is 0 Å². The highest BCUT2D eigenvalue weighted by Crippen LogP contribution is 2.07. The average Bonchev–Trinajstić information content (AvgIpc) is 3.08. The summed E-state index contributed by atoms with van der Waals surface area (Å²) in [5, 5.41) is 6.25. The molecule has 1 heterocycles. The van der Waals surface area contributed by atoms with Gasteiger partial charge >= 0.3 is 0 Å². The molecule has 1 saturated heterocycles. The predicted molar refractivity (Wildman–Crippen MR) is 105 cm³/mol. The lowest BCUT2D eigenvalue weighted by Gasteiger charge is -2.15. The third-order valence-corrected chi connectivity index (χ3v) is 3.82. The molecule has 24 heavy (non-hydrogen) atoms. The Morgan fingerprint density at radius 3 is 2.62 bits per heavy atom. The number of carbonyl (C=O) groups is 1. The fourth-order valence-corrected chi connectivity index (χ4v) is 2.57. The van der Waals surface area contributed by atoms with Gasteiger partial charge < -0.3 is 15.5 Å². The number of amides is 1. The second-order valence-electron chi connectivity index (χ2n) is 5.55. The molecule has 0 bridgehead atoms. The summed E-state index contributed by atoms with van der Waals surface area (Å²) in [6.45, 7) is 5.07. The van der Waals surface area contributed by atoms with Crippen LogP contribution in [0.1, 0.15) is 25.3 Å². The molecular formula is C17H26FIN4O. The zero-order valence-corrected chi connectivity index (χ0v) is 16.4. The van der Waals surface area contributed by atoms with Crippen molar-refractivity contribution in [2.45, 2.75) is 26.2 Å². The van der Waals surface area contributed by atoms with Crippen molar-refractivity contribution in [1.82, 2.24) is 15.5 Å². The van der Waals surface area contributed by atoms with Crippen LogP contribution >= 0.6 is 24.0 Å². The van der Waals surface area contributed by atoms with Gasteiger partial charge in [-0.1, -0.05) is 18.2 Å². The van der Waals surface area contributed by atoms with Gasteiger partial charge in [-0.25, -0.2) is 9.38 Å². The van der Waals surface area contributed by atoms with E-state index in [-0.39, 0.29) is 42.2 Å². The Kier molecular flexibility index (Phi) is 9.66. The fourth-order valence-electron chi connectivity index (χ4n) is 2.57. The van der Waals surface area contributed by atoms with E-state index in [2.05, 4.69) is 15.6 Å². The molecule has 0 aliphatic carbocycles. The molecule has 5 nitrogen and oxygen atoms in total. The van der Waals surface area contributed by atoms with Crippen LogP contribution in [0.25, 0.3) is 0 Å². The number of guanidine groups is 1. The van der Waals surface area contributed by atoms with Crippen LogP contribution in [-0.4, -0.2) is 49.5 Å². The van der Waals surface area contributed by atoms with Crippen LogP contribution in [0.4, 0.5) is 4.39 Å². The quantitative estimate of drug-likeness (QED) is 0.399. The summed E-state index contributed by atoms with van der Waals surface area (Å²) in [4.78, 5) is 18.2. The van der Waals surface area contributed by atoms with E-state index in [1.54, 1.807) is 12.1 Å². The molecule has 1 fully saturated rings. The maximum atomic E-state index is 13.6. The van der Waals surface area contributed by atoms with Crippen molar-refractivity contribution < 1.29 is 9.18 Å². The molecule has 134 valence electrons. The largest absolute Gasteiger partial charge is 0.357 e. The van der Waals surface area contributed by atoms with E-state index >= 15 is 0 Å². The normalized spacial score (nSPS) is 14.2. The van der Waals surface area contributed by atoms with Gasteiger partial charge in [-0.15, -0.1) is 24.0 Å². The molecule has 1 aliphatic rings. The molecule has 0 radical (unpaired) electrons. The number of nitrogens with zero attached hydrogens (tertiary/aromatic N) is 2. The van der Waals surface area contributed by atoms with Gasteiger partial charge in [0.25, 0.3) is 0 Å². The van der Waals surface area contributed by atoms with E-state index in [4.69, 9.17) is 0 Å². The number of hydrogen-bond donors (Lipinski definition) is 2. The van der Waals surface area contributed by atoms with Crippen molar-refractivity contribution in [2.24, 2.45) is 4.99 Å². The molecular weight excluding hydrogens is 422 g/mol. The topological polar surface area (TPSA) is 56.7 Å². The Hall–Kier alpha value is -1.38. The second-order valence-corrected chi connectivity index (χ2v) is 5.55. The summed E-state index contributed by atoms with van der Waals surface area (Å²) < 4.78 is 13.6. The zero-order valence-electron chi connectivity index (χ0n) is 14.1. The minimum atomic E-state index is -0.194. The molecule has 1 aliphatic heterocycles. The predicted octanol–water partition coefficient (Wildman–Crippen LogP) is 2.16. The van der Waals surface area contributed by atoms with Gasteiger partial charge in [0.05, 0.1) is 0 Å². The molecule has 0 atom stereocenters. The SMILES string of the molecule is CCNC(=NCC(=O)N1CCCC1)NCCc1ccccc1F.I. The Labute approximate surface area is 160 Å². The number of hydrogen-bond acceptors (Lipinski definition) is 2. The summed E-state index contributed by atoms with van der Waals surface area (Å²) >= 11 is 0. The fraction of sp³-hybridized carbons (Fsp3) is 0.529. The number of halogens is 2. The van der Waals surface area contributed by atoms with Crippen LogP contribution in [0.5, 0.6) is 0 Å². The van der Waals surface area contributed by atoms with Gasteiger partial charge in [-0.2, -0.15) is 0 Å². The number of rotatable bonds is 6. The highest BCUT2D eigenvalue weighted by Gasteiger charge is 2.17. The second kappa shape index (κ2) is 11.2. The number of aliphatic imine (C=N–C) groups is 1. The van der Waals surface area contributed by atoms with E-state index in [9.17, 15) is 9.18 Å². The van der Waals surface area contributed by atoms with Gasteiger partial charge in [-0.05, 0) is 37.8 Å². The van der Waals surface area contributed by atoms with Gasteiger partial charge in [0.1, 0.15) is 12.4 Å². The lowest BCUT2D eigenvalue weighted by Crippen LogP contribution is -2.39. The molecule has 0 unspecified atom stereocenters. The van der Waals surface area contributed by atoms with E-state index in [0.29, 0.717) is 31.0 Å². The first-order valence-corrected chi connectivity index (χ1v) is 8.24. The molecule has 0 spiro atoms. The third kappa shape index (κ3) is 6.62. The average molecular weight is 448 g/mol. The summed E-state index contributed by atoms with van der Waals surface area (Å²) in [5.74, 6) is 0.464. The maximum Gasteiger partial charge on any atom is 0.244 e. The monoisotopic (exact) mass is 448 g/mol. The molecule has 2 N–H and O–H groups in total. The smallest absolute Gasteiger partial charge is 0.244 e. The summed E-state index contributed by atoms with van der Waals surface area (Å²) in [6.07, 6.45) is 2.73. The van der Waals surface area contributed by atoms with Crippen molar-refractivity contribution in [3.05, 3.63) is 35.6 Å². The molecule has 1 aromatic carbocycles. The number of carbonyl (C=O) groups excluding carboxylic acids is 1. The van der Waals surface area contributed by atoms with Gasteiger partial charge in [0.15, 0.2) is 5.96 Å². The molecule has 0 aromatic heterocycles. The van der Waals surface area contributed by atoms with E-state index < -0.39 is 0 Å². The van der Waals surface area contributed by atoms with Crippen molar-refractivity contribution in [1.29, 1.82) is 0 Å². The Morgan fingerprint density at radius 1 is 1.25 bits per heavy atom. The van der Waals surface area contributed by atoms with Crippen molar-refractivity contribution >= 4 is 35.8 Å². The highest BCUT2D eigenvalue weighted by atomic mass is 127. The van der Waals surface area contributed by atoms with Crippen molar-refractivity contribution in [3.63, 3.8) is 0 Å². The first kappa shape index (κ1) is 20.7. The summed E-state index contributed by atoms with van der Waals surface area (Å²) in [7, 11) is 0. The van der Waals surface area contributed by atoms with E-state index in [1.807, 2.05) is 17.9 Å². The van der Waals surface area contributed by atoms with Crippen LogP contribution in [0.2, 0.25) is 0 Å². The zero-order chi connectivity index (χ0) is 16.5. The molecule has 7 heteroatoms. The van der Waals surface area contributed by atoms with E-state index in [1.165, 1.54) is 6.07 Å². The first-order chi connectivity index (χ1) is 11.2. The lowest BCUT2D eigenvalue weighted by molar-refractivity contribution is -0.128. The standard InChI is InChI=1S/C17H25FN4O.HI/c1-2-19-17(21-13-16(23)22-11-5-6-12-22)20-10-9-14-7-3-4-8-15(14)18;/h3-4,7-8H,2,5-6,9-13H2,1H3,(H2,19,20,21);1H. The minimum absolute atomic E-state index is 0. The van der Waals surface area contributed by atoms with Crippen LogP contribution < -0.4 is 10.6 Å². The molecule has 1 amide bonds.